The average molecular weight is 365 g/mol. The molecule has 1 N–H and O–H groups in total. The summed E-state index contributed by atoms with van der Waals surface area (Å²) in [5.41, 5.74) is 0.995. The topological polar surface area (TPSA) is 25.2 Å². The van der Waals surface area contributed by atoms with E-state index in [1.807, 2.05) is 24.3 Å². The lowest BCUT2D eigenvalue weighted by Crippen LogP contribution is -1.99. The standard InChI is InChI=1S/C11H8Br2ClNO/c12-8-2-1-3-9(13)11(8)15-6-7-4-5-10(14)16-7/h1-5,15H,6H2. The van der Waals surface area contributed by atoms with Gasteiger partial charge in [-0.15, -0.1) is 0 Å². The molecule has 0 unspecified atom stereocenters. The van der Waals surface area contributed by atoms with Gasteiger partial charge < -0.3 is 9.73 Å². The van der Waals surface area contributed by atoms with Crippen molar-refractivity contribution in [1.82, 2.24) is 0 Å². The number of hydrogen-bond donors (Lipinski definition) is 1. The van der Waals surface area contributed by atoms with Crippen molar-refractivity contribution in [3.05, 3.63) is 50.3 Å². The smallest absolute Gasteiger partial charge is 0.193 e. The zero-order chi connectivity index (χ0) is 11.5. The van der Waals surface area contributed by atoms with Crippen LogP contribution in [-0.2, 0) is 6.54 Å². The number of anilines is 1. The lowest BCUT2D eigenvalue weighted by atomic mass is 10.3. The van der Waals surface area contributed by atoms with E-state index in [9.17, 15) is 0 Å². The molecule has 1 aromatic carbocycles. The van der Waals surface area contributed by atoms with E-state index in [2.05, 4.69) is 37.2 Å². The number of rotatable bonds is 3. The van der Waals surface area contributed by atoms with Gasteiger partial charge in [-0.05, 0) is 67.7 Å². The Morgan fingerprint density at radius 1 is 1.12 bits per heavy atom. The third-order valence-electron chi connectivity index (χ3n) is 2.03. The fraction of sp³-hybridized carbons (Fsp3) is 0.0909. The van der Waals surface area contributed by atoms with Crippen LogP contribution in [0.1, 0.15) is 5.76 Å². The van der Waals surface area contributed by atoms with E-state index in [0.29, 0.717) is 11.8 Å². The molecule has 0 atom stereocenters. The van der Waals surface area contributed by atoms with E-state index in [1.54, 1.807) is 6.07 Å². The van der Waals surface area contributed by atoms with Gasteiger partial charge in [-0.25, -0.2) is 0 Å². The normalized spacial score (nSPS) is 10.4. The molecule has 0 fully saturated rings. The molecule has 5 heteroatoms. The highest BCUT2D eigenvalue weighted by atomic mass is 79.9. The number of halogens is 3. The third kappa shape index (κ3) is 2.81. The van der Waals surface area contributed by atoms with Gasteiger partial charge in [0, 0.05) is 8.95 Å². The molecule has 16 heavy (non-hydrogen) atoms. The molecule has 2 rings (SSSR count). The van der Waals surface area contributed by atoms with E-state index < -0.39 is 0 Å². The third-order valence-corrected chi connectivity index (χ3v) is 3.56. The van der Waals surface area contributed by atoms with Crippen molar-refractivity contribution in [1.29, 1.82) is 0 Å². The van der Waals surface area contributed by atoms with Crippen molar-refractivity contribution >= 4 is 49.1 Å². The average Bonchev–Trinajstić information content (AvgIpc) is 2.63. The highest BCUT2D eigenvalue weighted by molar-refractivity contribution is 9.11. The van der Waals surface area contributed by atoms with Crippen LogP contribution >= 0.6 is 43.5 Å². The Bertz CT molecular complexity index is 478. The summed E-state index contributed by atoms with van der Waals surface area (Å²) in [7, 11) is 0. The molecular formula is C11H8Br2ClNO. The van der Waals surface area contributed by atoms with E-state index in [-0.39, 0.29) is 0 Å². The van der Waals surface area contributed by atoms with Crippen LogP contribution in [0.4, 0.5) is 5.69 Å². The predicted molar refractivity (Wildman–Crippen MR) is 72.9 cm³/mol. The maximum Gasteiger partial charge on any atom is 0.193 e. The zero-order valence-corrected chi connectivity index (χ0v) is 12.1. The zero-order valence-electron chi connectivity index (χ0n) is 8.14. The Balaban J connectivity index is 2.10. The summed E-state index contributed by atoms with van der Waals surface area (Å²) < 4.78 is 7.26. The monoisotopic (exact) mass is 363 g/mol. The molecule has 0 amide bonds. The first-order valence-electron chi connectivity index (χ1n) is 4.59. The number of benzene rings is 1. The van der Waals surface area contributed by atoms with Crippen LogP contribution < -0.4 is 5.32 Å². The molecule has 0 spiro atoms. The van der Waals surface area contributed by atoms with Crippen molar-refractivity contribution in [2.75, 3.05) is 5.32 Å². The van der Waals surface area contributed by atoms with Crippen LogP contribution in [-0.4, -0.2) is 0 Å². The maximum atomic E-state index is 5.69. The Morgan fingerprint density at radius 2 is 1.81 bits per heavy atom. The molecule has 1 aromatic heterocycles. The number of para-hydroxylation sites is 1. The fourth-order valence-electron chi connectivity index (χ4n) is 1.29. The Kier molecular flexibility index (Phi) is 3.95. The molecule has 0 aliphatic rings. The van der Waals surface area contributed by atoms with Crippen molar-refractivity contribution in [2.45, 2.75) is 6.54 Å². The molecule has 1 heterocycles. The molecule has 0 saturated heterocycles. The fourth-order valence-corrected chi connectivity index (χ4v) is 2.73. The van der Waals surface area contributed by atoms with Gasteiger partial charge in [0.1, 0.15) is 5.76 Å². The van der Waals surface area contributed by atoms with E-state index in [1.165, 1.54) is 0 Å². The molecule has 0 bridgehead atoms. The Labute approximate surface area is 115 Å². The summed E-state index contributed by atoms with van der Waals surface area (Å²) in [6.45, 7) is 0.591. The highest BCUT2D eigenvalue weighted by Gasteiger charge is 2.05. The van der Waals surface area contributed by atoms with Crippen molar-refractivity contribution in [2.24, 2.45) is 0 Å². The van der Waals surface area contributed by atoms with Crippen LogP contribution in [0.2, 0.25) is 5.22 Å². The van der Waals surface area contributed by atoms with Gasteiger partial charge in [0.25, 0.3) is 0 Å². The highest BCUT2D eigenvalue weighted by Crippen LogP contribution is 2.31. The lowest BCUT2D eigenvalue weighted by Gasteiger charge is -2.08. The molecule has 2 nitrogen and oxygen atoms in total. The summed E-state index contributed by atoms with van der Waals surface area (Å²) in [6, 6.07) is 9.49. The van der Waals surface area contributed by atoms with Crippen LogP contribution in [0.25, 0.3) is 0 Å². The SMILES string of the molecule is Clc1ccc(CNc2c(Br)cccc2Br)o1. The number of nitrogens with one attached hydrogen (secondary N) is 1. The molecule has 84 valence electrons. The van der Waals surface area contributed by atoms with Crippen molar-refractivity contribution in [3.63, 3.8) is 0 Å². The first-order valence-corrected chi connectivity index (χ1v) is 6.55. The van der Waals surface area contributed by atoms with Gasteiger partial charge in [-0.2, -0.15) is 0 Å². The van der Waals surface area contributed by atoms with Gasteiger partial charge in [-0.3, -0.25) is 0 Å². The van der Waals surface area contributed by atoms with Gasteiger partial charge >= 0.3 is 0 Å². The quantitative estimate of drug-likeness (QED) is 0.821. The molecule has 0 radical (unpaired) electrons. The van der Waals surface area contributed by atoms with Gasteiger partial charge in [0.05, 0.1) is 12.2 Å². The summed E-state index contributed by atoms with van der Waals surface area (Å²) >= 11 is 12.6. The van der Waals surface area contributed by atoms with Gasteiger partial charge in [-0.1, -0.05) is 6.07 Å². The van der Waals surface area contributed by atoms with Crippen LogP contribution in [0, 0.1) is 0 Å². The maximum absolute atomic E-state index is 5.69. The van der Waals surface area contributed by atoms with E-state index in [0.717, 1.165) is 20.4 Å². The molecular weight excluding hydrogens is 357 g/mol. The van der Waals surface area contributed by atoms with Crippen molar-refractivity contribution < 1.29 is 4.42 Å². The summed E-state index contributed by atoms with van der Waals surface area (Å²) in [5.74, 6) is 0.799. The minimum absolute atomic E-state index is 0.406. The molecule has 2 aromatic rings. The second kappa shape index (κ2) is 5.25. The largest absolute Gasteiger partial charge is 0.448 e. The first kappa shape index (κ1) is 12.0. The van der Waals surface area contributed by atoms with Crippen LogP contribution in [0.15, 0.2) is 43.7 Å². The van der Waals surface area contributed by atoms with E-state index in [4.69, 9.17) is 16.0 Å². The van der Waals surface area contributed by atoms with Crippen LogP contribution in [0.3, 0.4) is 0 Å². The summed E-state index contributed by atoms with van der Waals surface area (Å²) in [6.07, 6.45) is 0. The van der Waals surface area contributed by atoms with Gasteiger partial charge in [0.2, 0.25) is 0 Å². The Morgan fingerprint density at radius 3 is 2.38 bits per heavy atom. The minimum atomic E-state index is 0.406. The lowest BCUT2D eigenvalue weighted by molar-refractivity contribution is 0.520. The number of furan rings is 1. The first-order chi connectivity index (χ1) is 7.66. The van der Waals surface area contributed by atoms with E-state index >= 15 is 0 Å². The Hall–Kier alpha value is -0.450. The van der Waals surface area contributed by atoms with Crippen molar-refractivity contribution in [3.8, 4) is 0 Å². The summed E-state index contributed by atoms with van der Waals surface area (Å²) in [5, 5.41) is 3.67. The molecule has 0 aliphatic heterocycles. The van der Waals surface area contributed by atoms with Gasteiger partial charge in [0.15, 0.2) is 5.22 Å². The second-order valence-electron chi connectivity index (χ2n) is 3.16. The molecule has 0 saturated carbocycles. The molecule has 0 aliphatic carbocycles. The predicted octanol–water partition coefficient (Wildman–Crippen LogP) is 5.07. The minimum Gasteiger partial charge on any atom is -0.448 e. The second-order valence-corrected chi connectivity index (χ2v) is 5.24. The summed E-state index contributed by atoms with van der Waals surface area (Å²) in [4.78, 5) is 0. The van der Waals surface area contributed by atoms with Crippen LogP contribution in [0.5, 0.6) is 0 Å². The number of hydrogen-bond acceptors (Lipinski definition) is 2.